The highest BCUT2D eigenvalue weighted by atomic mass is 32.1. The number of nitrogens with zero attached hydrogens (tertiary/aromatic N) is 3. The van der Waals surface area contributed by atoms with Gasteiger partial charge < -0.3 is 29.7 Å². The van der Waals surface area contributed by atoms with Crippen LogP contribution < -0.4 is 15.5 Å². The zero-order chi connectivity index (χ0) is 26.6. The van der Waals surface area contributed by atoms with E-state index in [4.69, 9.17) is 19.2 Å². The summed E-state index contributed by atoms with van der Waals surface area (Å²) in [6.07, 6.45) is 0.231. The molecule has 4 rings (SSSR count). The van der Waals surface area contributed by atoms with E-state index in [1.54, 1.807) is 25.6 Å². The minimum Gasteiger partial charge on any atom is -0.383 e. The zero-order valence-corrected chi connectivity index (χ0v) is 23.3. The molecule has 2 aromatic rings. The Morgan fingerprint density at radius 2 is 2.16 bits per heavy atom. The normalized spacial score (nSPS) is 21.4. The Balaban J connectivity index is 1.51. The van der Waals surface area contributed by atoms with Crippen LogP contribution in [0.4, 0.5) is 10.8 Å². The molecule has 10 heteroatoms. The van der Waals surface area contributed by atoms with Crippen molar-refractivity contribution in [3.05, 3.63) is 47.0 Å². The van der Waals surface area contributed by atoms with E-state index in [0.29, 0.717) is 43.3 Å². The Morgan fingerprint density at radius 1 is 1.35 bits per heavy atom. The number of aromatic nitrogens is 1. The van der Waals surface area contributed by atoms with Gasteiger partial charge in [-0.1, -0.05) is 12.6 Å². The molecule has 3 heterocycles. The third kappa shape index (κ3) is 6.32. The van der Waals surface area contributed by atoms with E-state index in [2.05, 4.69) is 53.8 Å². The van der Waals surface area contributed by atoms with Crippen molar-refractivity contribution in [2.75, 3.05) is 63.9 Å². The van der Waals surface area contributed by atoms with E-state index in [-0.39, 0.29) is 23.6 Å². The molecule has 1 amide bonds. The molecule has 2 aliphatic rings. The number of ether oxygens (including phenoxy) is 3. The molecular formula is C27H39N5O4S. The van der Waals surface area contributed by atoms with Crippen LogP contribution in [0.3, 0.4) is 0 Å². The maximum Gasteiger partial charge on any atom is 0.253 e. The number of hydrogen-bond donors (Lipinski definition) is 2. The van der Waals surface area contributed by atoms with Gasteiger partial charge in [-0.2, -0.15) is 0 Å². The van der Waals surface area contributed by atoms with Crippen LogP contribution in [0.1, 0.15) is 42.4 Å². The van der Waals surface area contributed by atoms with Crippen molar-refractivity contribution in [2.45, 2.75) is 45.0 Å². The van der Waals surface area contributed by atoms with Crippen LogP contribution in [0.5, 0.6) is 0 Å². The summed E-state index contributed by atoms with van der Waals surface area (Å²) in [5.74, 6) is -0.158. The van der Waals surface area contributed by atoms with Crippen molar-refractivity contribution >= 4 is 33.8 Å². The van der Waals surface area contributed by atoms with Crippen LogP contribution in [0, 0.1) is 0 Å². The molecule has 0 bridgehead atoms. The molecule has 2 fully saturated rings. The Kier molecular flexibility index (Phi) is 8.86. The van der Waals surface area contributed by atoms with Gasteiger partial charge in [0.1, 0.15) is 0 Å². The lowest BCUT2D eigenvalue weighted by molar-refractivity contribution is -0.0552. The first-order valence-electron chi connectivity index (χ1n) is 12.7. The van der Waals surface area contributed by atoms with Gasteiger partial charge in [0, 0.05) is 51.3 Å². The number of morpholine rings is 1. The van der Waals surface area contributed by atoms with E-state index in [9.17, 15) is 4.79 Å². The van der Waals surface area contributed by atoms with Crippen molar-refractivity contribution in [2.24, 2.45) is 0 Å². The standard InChI is InChI=1S/C27H39N5O4S/c1-18(23-16-37-26(30-23)32-15-24(35-6)19(32)2)29-22-8-7-20(13-21(22)25(33)28-9-11-34-5)14-31-10-12-36-17-27(31,3)4/h7-8,13,16,19,24,29H,1,9-12,14-15,17H2,2-6H3,(H,28,33)/t19-,24+/m1/s1. The second kappa shape index (κ2) is 11.9. The van der Waals surface area contributed by atoms with Crippen LogP contribution in [0.2, 0.25) is 0 Å². The highest BCUT2D eigenvalue weighted by Crippen LogP contribution is 2.33. The Morgan fingerprint density at radius 3 is 2.86 bits per heavy atom. The van der Waals surface area contributed by atoms with E-state index in [1.165, 1.54) is 0 Å². The Bertz CT molecular complexity index is 1100. The molecule has 0 unspecified atom stereocenters. The highest BCUT2D eigenvalue weighted by Gasteiger charge is 2.37. The predicted molar refractivity (Wildman–Crippen MR) is 148 cm³/mol. The van der Waals surface area contributed by atoms with E-state index >= 15 is 0 Å². The van der Waals surface area contributed by atoms with Gasteiger partial charge in [-0.25, -0.2) is 4.98 Å². The fourth-order valence-electron chi connectivity index (χ4n) is 4.61. The fourth-order valence-corrected chi connectivity index (χ4v) is 5.55. The molecule has 0 spiro atoms. The van der Waals surface area contributed by atoms with Crippen molar-refractivity contribution in [3.8, 4) is 0 Å². The number of nitrogens with one attached hydrogen (secondary N) is 2. The summed E-state index contributed by atoms with van der Waals surface area (Å²) in [7, 11) is 3.36. The third-order valence-corrected chi connectivity index (χ3v) is 8.03. The van der Waals surface area contributed by atoms with Gasteiger partial charge in [-0.05, 0) is 38.5 Å². The number of hydrogen-bond acceptors (Lipinski definition) is 9. The quantitative estimate of drug-likeness (QED) is 0.428. The monoisotopic (exact) mass is 529 g/mol. The lowest BCUT2D eigenvalue weighted by atomic mass is 10.00. The first-order valence-corrected chi connectivity index (χ1v) is 13.6. The van der Waals surface area contributed by atoms with E-state index in [0.717, 1.165) is 36.0 Å². The number of amides is 1. The van der Waals surface area contributed by atoms with Gasteiger partial charge in [0.2, 0.25) is 0 Å². The molecule has 1 aromatic carbocycles. The fraction of sp³-hybridized carbons (Fsp3) is 0.556. The summed E-state index contributed by atoms with van der Waals surface area (Å²) in [5.41, 5.74) is 3.67. The molecule has 0 radical (unpaired) electrons. The average molecular weight is 530 g/mol. The molecule has 2 saturated heterocycles. The molecule has 0 saturated carbocycles. The van der Waals surface area contributed by atoms with Crippen LogP contribution >= 0.6 is 11.3 Å². The molecule has 9 nitrogen and oxygen atoms in total. The number of rotatable bonds is 11. The first-order chi connectivity index (χ1) is 17.7. The average Bonchev–Trinajstić information content (AvgIpc) is 3.35. The number of methoxy groups -OCH3 is 2. The third-order valence-electron chi connectivity index (χ3n) is 7.15. The molecule has 37 heavy (non-hydrogen) atoms. The summed E-state index contributed by atoms with van der Waals surface area (Å²) in [5, 5.41) is 9.23. The van der Waals surface area contributed by atoms with Crippen molar-refractivity contribution in [1.29, 1.82) is 0 Å². The molecule has 1 aromatic heterocycles. The number of carbonyl (C=O) groups is 1. The van der Waals surface area contributed by atoms with Crippen LogP contribution in [0.15, 0.2) is 30.2 Å². The largest absolute Gasteiger partial charge is 0.383 e. The van der Waals surface area contributed by atoms with Crippen molar-refractivity contribution in [3.63, 3.8) is 0 Å². The first kappa shape index (κ1) is 27.5. The summed E-state index contributed by atoms with van der Waals surface area (Å²) >= 11 is 1.58. The second-order valence-electron chi connectivity index (χ2n) is 10.2. The van der Waals surface area contributed by atoms with Crippen LogP contribution in [-0.2, 0) is 20.8 Å². The Labute approximate surface area is 223 Å². The van der Waals surface area contributed by atoms with Gasteiger partial charge >= 0.3 is 0 Å². The molecule has 202 valence electrons. The highest BCUT2D eigenvalue weighted by molar-refractivity contribution is 7.13. The minimum absolute atomic E-state index is 0.0656. The lowest BCUT2D eigenvalue weighted by Crippen LogP contribution is -2.59. The van der Waals surface area contributed by atoms with Crippen molar-refractivity contribution in [1.82, 2.24) is 15.2 Å². The molecule has 0 aliphatic carbocycles. The van der Waals surface area contributed by atoms with Gasteiger partial charge in [-0.15, -0.1) is 11.3 Å². The Hall–Kier alpha value is -2.50. The maximum atomic E-state index is 13.2. The van der Waals surface area contributed by atoms with Crippen LogP contribution in [0.25, 0.3) is 5.70 Å². The maximum absolute atomic E-state index is 13.2. The van der Waals surface area contributed by atoms with E-state index < -0.39 is 0 Å². The molecule has 2 aliphatic heterocycles. The molecule has 2 atom stereocenters. The topological polar surface area (TPSA) is 88.2 Å². The number of thiazole rings is 1. The number of carbonyl (C=O) groups excluding carboxylic acids is 1. The van der Waals surface area contributed by atoms with Crippen LogP contribution in [-0.4, -0.2) is 87.2 Å². The van der Waals surface area contributed by atoms with E-state index in [1.807, 2.05) is 17.5 Å². The van der Waals surface area contributed by atoms with Gasteiger partial charge in [0.25, 0.3) is 5.91 Å². The van der Waals surface area contributed by atoms with Crippen molar-refractivity contribution < 1.29 is 19.0 Å². The summed E-state index contributed by atoms with van der Waals surface area (Å²) in [6, 6.07) is 6.26. The summed E-state index contributed by atoms with van der Waals surface area (Å²) in [4.78, 5) is 22.6. The minimum atomic E-state index is -0.158. The van der Waals surface area contributed by atoms with Gasteiger partial charge in [0.15, 0.2) is 5.13 Å². The zero-order valence-electron chi connectivity index (χ0n) is 22.5. The lowest BCUT2D eigenvalue weighted by Gasteiger charge is -2.45. The van der Waals surface area contributed by atoms with Gasteiger partial charge in [0.05, 0.1) is 54.6 Å². The second-order valence-corrected chi connectivity index (χ2v) is 11.0. The SMILES string of the molecule is C=C(Nc1ccc(CN2CCOCC2(C)C)cc1C(=O)NCCOC)c1csc(N2C[C@H](OC)[C@H]2C)n1. The molecular weight excluding hydrogens is 490 g/mol. The smallest absolute Gasteiger partial charge is 0.253 e. The predicted octanol–water partition coefficient (Wildman–Crippen LogP) is 3.44. The number of anilines is 2. The number of benzene rings is 1. The van der Waals surface area contributed by atoms with Gasteiger partial charge in [-0.3, -0.25) is 9.69 Å². The summed E-state index contributed by atoms with van der Waals surface area (Å²) < 4.78 is 16.2. The molecule has 2 N–H and O–H groups in total. The summed E-state index contributed by atoms with van der Waals surface area (Å²) in [6.45, 7) is 15.4.